The molecule has 2 aromatic carbocycles. The quantitative estimate of drug-likeness (QED) is 0.507. The summed E-state index contributed by atoms with van der Waals surface area (Å²) in [5.41, 5.74) is 0.744. The Balaban J connectivity index is 0.000000816. The zero-order valence-corrected chi connectivity index (χ0v) is 11.9. The van der Waals surface area contributed by atoms with Gasteiger partial charge in [0.15, 0.2) is 5.78 Å². The van der Waals surface area contributed by atoms with Crippen molar-refractivity contribution in [2.75, 3.05) is 5.32 Å². The predicted octanol–water partition coefficient (Wildman–Crippen LogP) is 2.39. The first-order valence-corrected chi connectivity index (χ1v) is 6.45. The molecule has 7 nitrogen and oxygen atoms in total. The SMILES string of the molecule is O=C(O)Nc1ccccc1C(=O)C(O)c1ccccc1.O=CO. The van der Waals surface area contributed by atoms with Crippen LogP contribution in [-0.4, -0.2) is 33.7 Å². The number of ketones is 1. The van der Waals surface area contributed by atoms with Crippen molar-refractivity contribution in [3.05, 3.63) is 65.7 Å². The average molecular weight is 317 g/mol. The molecule has 2 rings (SSSR count). The molecule has 0 heterocycles. The molecule has 0 spiro atoms. The molecule has 7 heteroatoms. The molecular weight excluding hydrogens is 302 g/mol. The number of aliphatic hydroxyl groups is 1. The molecule has 1 atom stereocenters. The number of hydrogen-bond donors (Lipinski definition) is 4. The maximum atomic E-state index is 12.3. The zero-order chi connectivity index (χ0) is 17.2. The summed E-state index contributed by atoms with van der Waals surface area (Å²) < 4.78 is 0. The van der Waals surface area contributed by atoms with Crippen molar-refractivity contribution in [3.8, 4) is 0 Å². The van der Waals surface area contributed by atoms with E-state index in [4.69, 9.17) is 15.0 Å². The van der Waals surface area contributed by atoms with Gasteiger partial charge >= 0.3 is 6.09 Å². The Labute approximate surface area is 131 Å². The number of nitrogens with one attached hydrogen (secondary N) is 1. The Morgan fingerprint density at radius 3 is 2.09 bits per heavy atom. The second-order valence-corrected chi connectivity index (χ2v) is 4.26. The van der Waals surface area contributed by atoms with Crippen LogP contribution in [0.5, 0.6) is 0 Å². The summed E-state index contributed by atoms with van der Waals surface area (Å²) in [5, 5.41) is 27.9. The van der Waals surface area contributed by atoms with Crippen molar-refractivity contribution in [1.82, 2.24) is 0 Å². The van der Waals surface area contributed by atoms with Crippen LogP contribution in [0.3, 0.4) is 0 Å². The summed E-state index contributed by atoms with van der Waals surface area (Å²) in [6.45, 7) is -0.250. The molecule has 23 heavy (non-hydrogen) atoms. The molecule has 0 fully saturated rings. The summed E-state index contributed by atoms with van der Waals surface area (Å²) in [6.07, 6.45) is -2.59. The Bertz CT molecular complexity index is 671. The maximum Gasteiger partial charge on any atom is 0.409 e. The summed E-state index contributed by atoms with van der Waals surface area (Å²) in [6, 6.07) is 14.6. The van der Waals surface area contributed by atoms with Crippen LogP contribution in [0.25, 0.3) is 0 Å². The number of anilines is 1. The van der Waals surface area contributed by atoms with Crippen LogP contribution in [0.4, 0.5) is 10.5 Å². The van der Waals surface area contributed by atoms with Crippen LogP contribution < -0.4 is 5.32 Å². The zero-order valence-electron chi connectivity index (χ0n) is 11.9. The maximum absolute atomic E-state index is 12.3. The molecule has 0 aliphatic carbocycles. The Hall–Kier alpha value is -3.19. The van der Waals surface area contributed by atoms with Crippen LogP contribution >= 0.6 is 0 Å². The first-order valence-electron chi connectivity index (χ1n) is 6.45. The summed E-state index contributed by atoms with van der Waals surface area (Å²) >= 11 is 0. The number of rotatable bonds is 4. The largest absolute Gasteiger partial charge is 0.483 e. The third-order valence-electron chi connectivity index (χ3n) is 2.80. The smallest absolute Gasteiger partial charge is 0.409 e. The van der Waals surface area contributed by atoms with Gasteiger partial charge in [0.25, 0.3) is 6.47 Å². The van der Waals surface area contributed by atoms with E-state index in [0.29, 0.717) is 5.56 Å². The molecule has 0 bridgehead atoms. The van der Waals surface area contributed by atoms with E-state index in [1.54, 1.807) is 42.5 Å². The van der Waals surface area contributed by atoms with Gasteiger partial charge in [-0.3, -0.25) is 14.9 Å². The van der Waals surface area contributed by atoms with Crippen molar-refractivity contribution in [1.29, 1.82) is 0 Å². The van der Waals surface area contributed by atoms with E-state index in [9.17, 15) is 14.7 Å². The summed E-state index contributed by atoms with van der Waals surface area (Å²) in [7, 11) is 0. The highest BCUT2D eigenvalue weighted by molar-refractivity contribution is 6.06. The van der Waals surface area contributed by atoms with Gasteiger partial charge in [-0.1, -0.05) is 42.5 Å². The third-order valence-corrected chi connectivity index (χ3v) is 2.80. The first-order chi connectivity index (χ1) is 11.0. The number of aliphatic hydroxyl groups excluding tert-OH is 1. The monoisotopic (exact) mass is 317 g/mol. The molecule has 1 amide bonds. The van der Waals surface area contributed by atoms with Gasteiger partial charge in [-0.2, -0.15) is 0 Å². The number of carboxylic acid groups (broad SMARTS) is 2. The van der Waals surface area contributed by atoms with Crippen LogP contribution in [0.1, 0.15) is 22.0 Å². The Morgan fingerprint density at radius 1 is 1.00 bits per heavy atom. The molecule has 1 unspecified atom stereocenters. The number of benzene rings is 2. The molecule has 120 valence electrons. The lowest BCUT2D eigenvalue weighted by atomic mass is 9.99. The molecule has 0 saturated carbocycles. The standard InChI is InChI=1S/C15H13NO4.CH2O2/c17-13(10-6-2-1-3-7-10)14(18)11-8-4-5-9-12(11)16-15(19)20;2-1-3/h1-9,13,16-17H,(H,19,20);1H,(H,2,3). The minimum atomic E-state index is -1.33. The Morgan fingerprint density at radius 2 is 1.52 bits per heavy atom. The highest BCUT2D eigenvalue weighted by atomic mass is 16.4. The summed E-state index contributed by atoms with van der Waals surface area (Å²) in [4.78, 5) is 31.3. The fourth-order valence-corrected chi connectivity index (χ4v) is 1.86. The molecular formula is C16H15NO6. The van der Waals surface area contributed by atoms with E-state index >= 15 is 0 Å². The number of amides is 1. The van der Waals surface area contributed by atoms with Gasteiger partial charge < -0.3 is 15.3 Å². The molecule has 0 aromatic heterocycles. The number of carbonyl (C=O) groups is 3. The van der Waals surface area contributed by atoms with Gasteiger partial charge in [-0.05, 0) is 17.7 Å². The van der Waals surface area contributed by atoms with Crippen molar-refractivity contribution < 1.29 is 29.7 Å². The summed E-state index contributed by atoms with van der Waals surface area (Å²) in [5.74, 6) is -0.555. The van der Waals surface area contributed by atoms with Gasteiger partial charge in [0.05, 0.1) is 5.69 Å². The van der Waals surface area contributed by atoms with Crippen LogP contribution in [0.2, 0.25) is 0 Å². The van der Waals surface area contributed by atoms with E-state index in [1.165, 1.54) is 12.1 Å². The highest BCUT2D eigenvalue weighted by Gasteiger charge is 2.21. The fraction of sp³-hybridized carbons (Fsp3) is 0.0625. The van der Waals surface area contributed by atoms with E-state index in [1.807, 2.05) is 0 Å². The van der Waals surface area contributed by atoms with Crippen LogP contribution in [0.15, 0.2) is 54.6 Å². The third kappa shape index (κ3) is 5.25. The molecule has 2 aromatic rings. The second-order valence-electron chi connectivity index (χ2n) is 4.26. The van der Waals surface area contributed by atoms with Gasteiger partial charge in [0.2, 0.25) is 0 Å². The lowest BCUT2D eigenvalue weighted by Gasteiger charge is -2.13. The minimum Gasteiger partial charge on any atom is -0.483 e. The predicted molar refractivity (Wildman–Crippen MR) is 82.5 cm³/mol. The molecule has 0 aliphatic heterocycles. The number of Topliss-reactive ketones (excluding diaryl/α,β-unsaturated/α-hetero) is 1. The number of para-hydroxylation sites is 1. The van der Waals surface area contributed by atoms with E-state index in [0.717, 1.165) is 0 Å². The van der Waals surface area contributed by atoms with Crippen molar-refractivity contribution >= 4 is 24.0 Å². The van der Waals surface area contributed by atoms with E-state index in [2.05, 4.69) is 5.32 Å². The minimum absolute atomic E-state index is 0.131. The second kappa shape index (κ2) is 8.96. The Kier molecular flexibility index (Phi) is 6.96. The first kappa shape index (κ1) is 17.9. The molecule has 0 aliphatic rings. The topological polar surface area (TPSA) is 124 Å². The highest BCUT2D eigenvalue weighted by Crippen LogP contribution is 2.23. The van der Waals surface area contributed by atoms with Crippen LogP contribution in [0, 0.1) is 0 Å². The van der Waals surface area contributed by atoms with E-state index < -0.39 is 18.0 Å². The molecule has 0 radical (unpaired) electrons. The van der Waals surface area contributed by atoms with Gasteiger partial charge in [0.1, 0.15) is 6.10 Å². The lowest BCUT2D eigenvalue weighted by molar-refractivity contribution is -0.122. The van der Waals surface area contributed by atoms with Gasteiger partial charge in [0, 0.05) is 5.56 Å². The normalized spacial score (nSPS) is 10.7. The number of carbonyl (C=O) groups excluding carboxylic acids is 1. The number of hydrogen-bond acceptors (Lipinski definition) is 4. The van der Waals surface area contributed by atoms with Gasteiger partial charge in [-0.15, -0.1) is 0 Å². The van der Waals surface area contributed by atoms with Crippen LogP contribution in [-0.2, 0) is 4.79 Å². The molecule has 4 N–H and O–H groups in total. The van der Waals surface area contributed by atoms with Crippen molar-refractivity contribution in [2.45, 2.75) is 6.10 Å². The van der Waals surface area contributed by atoms with Crippen molar-refractivity contribution in [3.63, 3.8) is 0 Å². The fourth-order valence-electron chi connectivity index (χ4n) is 1.86. The van der Waals surface area contributed by atoms with Crippen molar-refractivity contribution in [2.24, 2.45) is 0 Å². The average Bonchev–Trinajstić information content (AvgIpc) is 2.55. The van der Waals surface area contributed by atoms with Gasteiger partial charge in [-0.25, -0.2) is 4.79 Å². The lowest BCUT2D eigenvalue weighted by Crippen LogP contribution is -2.16. The van der Waals surface area contributed by atoms with E-state index in [-0.39, 0.29) is 17.7 Å². The molecule has 0 saturated heterocycles.